The summed E-state index contributed by atoms with van der Waals surface area (Å²) in [4.78, 5) is 12.1. The van der Waals surface area contributed by atoms with E-state index in [4.69, 9.17) is 0 Å². The number of aromatic nitrogens is 3. The molecule has 0 saturated heterocycles. The first-order valence-corrected chi connectivity index (χ1v) is 13.2. The van der Waals surface area contributed by atoms with Gasteiger partial charge in [-0.05, 0) is 49.2 Å². The average Bonchev–Trinajstić information content (AvgIpc) is 2.80. The van der Waals surface area contributed by atoms with Crippen molar-refractivity contribution in [2.24, 2.45) is 15.2 Å². The molecule has 4 aromatic rings. The van der Waals surface area contributed by atoms with E-state index in [-0.39, 0.29) is 92.6 Å². The third-order valence-corrected chi connectivity index (χ3v) is 6.63. The number of hydrogen-bond donors (Lipinski definition) is 3. The summed E-state index contributed by atoms with van der Waals surface area (Å²) >= 11 is 0. The second-order valence-electron chi connectivity index (χ2n) is 7.62. The van der Waals surface area contributed by atoms with Crippen LogP contribution in [0.2, 0.25) is 0 Å². The molecule has 0 bridgehead atoms. The molecule has 41 heavy (non-hydrogen) atoms. The van der Waals surface area contributed by atoms with E-state index >= 15 is 0 Å². The topological polar surface area (TPSA) is 243 Å². The van der Waals surface area contributed by atoms with Gasteiger partial charge < -0.3 is 15.5 Å². The second kappa shape index (κ2) is 13.6. The molecule has 0 aliphatic carbocycles. The molecular weight excluding hydrogens is 607 g/mol. The number of rotatable bonds is 7. The molecule has 0 spiro atoms. The Balaban J connectivity index is 0.00000294. The normalized spacial score (nSPS) is 12.1. The SMILES string of the molecule is CC([O-])=Nc1cc(Nc2nc([O-])nc(F)n2)ccc1N=Nc1cc(S(=O)(=O)O)c2cccc(S(=O)(=O)O)c2c1.[Na+].[Na+]. The van der Waals surface area contributed by atoms with E-state index in [1.54, 1.807) is 0 Å². The average molecular weight is 621 g/mol. The van der Waals surface area contributed by atoms with Gasteiger partial charge in [0.05, 0.1) is 17.4 Å². The molecule has 3 aromatic carbocycles. The van der Waals surface area contributed by atoms with Crippen molar-refractivity contribution in [3.8, 4) is 6.01 Å². The Bertz CT molecular complexity index is 1890. The summed E-state index contributed by atoms with van der Waals surface area (Å²) in [5.74, 6) is -1.06. The van der Waals surface area contributed by atoms with Crippen LogP contribution < -0.4 is 74.6 Å². The summed E-state index contributed by atoms with van der Waals surface area (Å²) in [5.41, 5.74) is -0.178. The molecule has 0 saturated carbocycles. The maximum atomic E-state index is 13.3. The number of anilines is 2. The van der Waals surface area contributed by atoms with Gasteiger partial charge in [0.1, 0.15) is 15.5 Å². The van der Waals surface area contributed by atoms with Crippen molar-refractivity contribution in [1.29, 1.82) is 0 Å². The maximum absolute atomic E-state index is 13.3. The van der Waals surface area contributed by atoms with Crippen LogP contribution in [0.3, 0.4) is 0 Å². The maximum Gasteiger partial charge on any atom is 1.00 e. The van der Waals surface area contributed by atoms with Gasteiger partial charge in [-0.3, -0.25) is 14.1 Å². The molecule has 20 heteroatoms. The molecule has 0 fully saturated rings. The minimum Gasteiger partial charge on any atom is -0.862 e. The van der Waals surface area contributed by atoms with Crippen molar-refractivity contribution >= 4 is 65.6 Å². The number of fused-ring (bicyclic) bond motifs is 1. The largest absolute Gasteiger partial charge is 1.00 e. The number of halogens is 1. The van der Waals surface area contributed by atoms with Crippen molar-refractivity contribution in [3.05, 3.63) is 54.6 Å². The fourth-order valence-corrected chi connectivity index (χ4v) is 4.80. The van der Waals surface area contributed by atoms with E-state index in [2.05, 4.69) is 35.5 Å². The number of benzene rings is 3. The molecule has 0 aliphatic rings. The molecule has 4 rings (SSSR count). The molecule has 1 aromatic heterocycles. The van der Waals surface area contributed by atoms with Crippen LogP contribution in [-0.2, 0) is 20.2 Å². The number of nitrogens with zero attached hydrogens (tertiary/aromatic N) is 6. The van der Waals surface area contributed by atoms with Crippen molar-refractivity contribution in [2.45, 2.75) is 16.7 Å². The molecule has 15 nitrogen and oxygen atoms in total. The van der Waals surface area contributed by atoms with Gasteiger partial charge in [0.2, 0.25) is 5.95 Å². The number of nitrogens with one attached hydrogen (secondary N) is 1. The van der Waals surface area contributed by atoms with Gasteiger partial charge >= 0.3 is 65.2 Å². The van der Waals surface area contributed by atoms with Crippen LogP contribution in [0, 0.1) is 6.08 Å². The summed E-state index contributed by atoms with van der Waals surface area (Å²) in [6.45, 7) is 1.14. The van der Waals surface area contributed by atoms with Crippen molar-refractivity contribution in [2.75, 3.05) is 5.32 Å². The number of azo groups is 1. The summed E-state index contributed by atoms with van der Waals surface area (Å²) < 4.78 is 80.2. The van der Waals surface area contributed by atoms with E-state index < -0.39 is 54.0 Å². The first kappa shape index (κ1) is 34.6. The van der Waals surface area contributed by atoms with Gasteiger partial charge in [-0.1, -0.05) is 12.1 Å². The molecule has 202 valence electrons. The molecule has 0 amide bonds. The van der Waals surface area contributed by atoms with E-state index in [0.29, 0.717) is 0 Å². The summed E-state index contributed by atoms with van der Waals surface area (Å²) in [5, 5.41) is 32.9. The standard InChI is InChI=1S/C21H16FN7O8S2.2Na/c1-10(30)23-16-8-11(24-20-25-19(22)26-21(31)27-20)5-6-15(16)29-28-12-7-14-13(18(9-12)39(35,36)37)3-2-4-17(14)38(32,33)34;;/h2-9H,1H3,(H,23,30)(H,32,33,34)(H,35,36,37)(H2,24,25,26,27,31);;/q;2*+1/p-2. The van der Waals surface area contributed by atoms with Crippen LogP contribution in [0.4, 0.5) is 33.1 Å². The van der Waals surface area contributed by atoms with Crippen molar-refractivity contribution in [1.82, 2.24) is 15.0 Å². The molecule has 0 unspecified atom stereocenters. The van der Waals surface area contributed by atoms with Gasteiger partial charge in [0, 0.05) is 16.5 Å². The summed E-state index contributed by atoms with van der Waals surface area (Å²) in [6.07, 6.45) is -1.31. The molecule has 0 radical (unpaired) electrons. The van der Waals surface area contributed by atoms with Crippen molar-refractivity contribution in [3.63, 3.8) is 0 Å². The first-order valence-electron chi connectivity index (χ1n) is 10.4. The summed E-state index contributed by atoms with van der Waals surface area (Å²) in [6, 6.07) is 8.26. The van der Waals surface area contributed by atoms with Crippen molar-refractivity contribution < 1.29 is 99.7 Å². The van der Waals surface area contributed by atoms with Crippen LogP contribution >= 0.6 is 0 Å². The predicted molar refractivity (Wildman–Crippen MR) is 129 cm³/mol. The van der Waals surface area contributed by atoms with Gasteiger partial charge in [-0.25, -0.2) is 4.98 Å². The zero-order valence-electron chi connectivity index (χ0n) is 21.3. The Hall–Kier alpha value is -2.65. The molecule has 3 N–H and O–H groups in total. The van der Waals surface area contributed by atoms with Gasteiger partial charge in [0.15, 0.2) is 0 Å². The monoisotopic (exact) mass is 621 g/mol. The Morgan fingerprint density at radius 2 is 1.56 bits per heavy atom. The van der Waals surface area contributed by atoms with Crippen LogP contribution in [-0.4, -0.2) is 46.8 Å². The zero-order valence-corrected chi connectivity index (χ0v) is 27.0. The zero-order chi connectivity index (χ0) is 28.5. The van der Waals surface area contributed by atoms with E-state index in [1.807, 2.05) is 0 Å². The minimum absolute atomic E-state index is 0. The Labute approximate surface area is 275 Å². The van der Waals surface area contributed by atoms with Crippen LogP contribution in [0.5, 0.6) is 6.01 Å². The first-order chi connectivity index (χ1) is 18.2. The molecule has 0 aliphatic heterocycles. The minimum atomic E-state index is -4.88. The van der Waals surface area contributed by atoms with Crippen LogP contribution in [0.25, 0.3) is 10.8 Å². The Morgan fingerprint density at radius 3 is 2.17 bits per heavy atom. The molecule has 1 heterocycles. The third-order valence-electron chi connectivity index (χ3n) is 4.83. The van der Waals surface area contributed by atoms with Gasteiger partial charge in [0.25, 0.3) is 20.2 Å². The molecular formula is C21H14FN7Na2O8S2. The van der Waals surface area contributed by atoms with Gasteiger partial charge in [-0.2, -0.15) is 36.3 Å². The molecule has 0 atom stereocenters. The van der Waals surface area contributed by atoms with E-state index in [1.165, 1.54) is 30.3 Å². The van der Waals surface area contributed by atoms with E-state index in [0.717, 1.165) is 25.1 Å². The van der Waals surface area contributed by atoms with Crippen LogP contribution in [0.15, 0.2) is 73.5 Å². The predicted octanol–water partition coefficient (Wildman–Crippen LogP) is -3.69. The summed E-state index contributed by atoms with van der Waals surface area (Å²) in [7, 11) is -9.67. The second-order valence-corrected chi connectivity index (χ2v) is 10.4. The smallest absolute Gasteiger partial charge is 0.862 e. The van der Waals surface area contributed by atoms with Crippen LogP contribution in [0.1, 0.15) is 6.92 Å². The Kier molecular flexibility index (Phi) is 11.4. The number of hydrogen-bond acceptors (Lipinski definition) is 13. The van der Waals surface area contributed by atoms with Gasteiger partial charge in [-0.15, -0.1) is 5.11 Å². The third kappa shape index (κ3) is 8.67. The quantitative estimate of drug-likeness (QED) is 0.0594. The number of aliphatic imine (C=N–C) groups is 1. The van der Waals surface area contributed by atoms with E-state index in [9.17, 15) is 40.5 Å². The fourth-order valence-electron chi connectivity index (χ4n) is 3.38. The Morgan fingerprint density at radius 1 is 0.878 bits per heavy atom. The fraction of sp³-hybridized carbons (Fsp3) is 0.0476.